The van der Waals surface area contributed by atoms with Crippen molar-refractivity contribution in [3.63, 3.8) is 0 Å². The average Bonchev–Trinajstić information content (AvgIpc) is 3.09. The number of thiol groups is 2. The SMILES string of the molecule is B[C@@H]1O[C@H](COP(=S)(S)CP(=S)(S)COCCC#N)C2OC(OC)O[C@@H]21. The van der Waals surface area contributed by atoms with Gasteiger partial charge in [0.2, 0.25) is 0 Å². The van der Waals surface area contributed by atoms with Crippen LogP contribution in [-0.2, 0) is 51.8 Å². The van der Waals surface area contributed by atoms with E-state index in [9.17, 15) is 0 Å². The first-order valence-electron chi connectivity index (χ1n) is 7.88. The van der Waals surface area contributed by atoms with Gasteiger partial charge in [0.05, 0.1) is 38.1 Å². The Morgan fingerprint density at radius 1 is 1.23 bits per heavy atom. The predicted molar refractivity (Wildman–Crippen MR) is 116 cm³/mol. The predicted octanol–water partition coefficient (Wildman–Crippen LogP) is 1.48. The highest BCUT2D eigenvalue weighted by molar-refractivity contribution is 8.70. The molecule has 0 aromatic heterocycles. The largest absolute Gasteiger partial charge is 0.376 e. The van der Waals surface area contributed by atoms with E-state index in [4.69, 9.17) is 57.1 Å². The number of hydrogen-bond donors (Lipinski definition) is 2. The Morgan fingerprint density at radius 3 is 2.58 bits per heavy atom. The first-order chi connectivity index (χ1) is 12.2. The molecule has 0 aromatic carbocycles. The summed E-state index contributed by atoms with van der Waals surface area (Å²) in [6.45, 7) is -0.113. The minimum absolute atomic E-state index is 0.129. The molecule has 2 heterocycles. The molecular weight excluding hydrogens is 455 g/mol. The van der Waals surface area contributed by atoms with Crippen LogP contribution in [0.25, 0.3) is 0 Å². The van der Waals surface area contributed by atoms with E-state index in [0.717, 1.165) is 0 Å². The Morgan fingerprint density at radius 2 is 1.92 bits per heavy atom. The van der Waals surface area contributed by atoms with Crippen LogP contribution in [0, 0.1) is 11.3 Å². The first-order valence-corrected chi connectivity index (χ1v) is 16.3. The van der Waals surface area contributed by atoms with Gasteiger partial charge in [-0.05, 0) is 0 Å². The summed E-state index contributed by atoms with van der Waals surface area (Å²) in [6.07, 6.45) is -0.168. The van der Waals surface area contributed by atoms with E-state index < -0.39 is 17.2 Å². The second-order valence-corrected chi connectivity index (χ2v) is 20.3. The number of fused-ring (bicyclic) bond motifs is 1. The van der Waals surface area contributed by atoms with Crippen molar-refractivity contribution >= 4 is 66.7 Å². The molecule has 2 aliphatic rings. The van der Waals surface area contributed by atoms with Gasteiger partial charge in [-0.3, -0.25) is 0 Å². The molecular formula is C12H22BNO6P2S4. The molecule has 7 nitrogen and oxygen atoms in total. The number of methoxy groups -OCH3 is 1. The molecule has 0 spiro atoms. The second-order valence-electron chi connectivity index (χ2n) is 5.97. The van der Waals surface area contributed by atoms with E-state index in [1.54, 1.807) is 0 Å². The Hall–Kier alpha value is 1.31. The van der Waals surface area contributed by atoms with E-state index in [1.807, 2.05) is 13.9 Å². The van der Waals surface area contributed by atoms with Gasteiger partial charge in [0.1, 0.15) is 31.6 Å². The maximum Gasteiger partial charge on any atom is 0.272 e. The molecule has 26 heavy (non-hydrogen) atoms. The quantitative estimate of drug-likeness (QED) is 0.211. The summed E-state index contributed by atoms with van der Waals surface area (Å²) in [4.78, 5) is 0. The summed E-state index contributed by atoms with van der Waals surface area (Å²) in [5.74, 6) is 0.401. The van der Waals surface area contributed by atoms with E-state index in [2.05, 4.69) is 24.5 Å². The van der Waals surface area contributed by atoms with Gasteiger partial charge >= 0.3 is 0 Å². The van der Waals surface area contributed by atoms with Gasteiger partial charge in [0, 0.05) is 18.3 Å². The second kappa shape index (κ2) is 10.4. The van der Waals surface area contributed by atoms with Crippen molar-refractivity contribution in [2.75, 3.05) is 32.6 Å². The number of hydrogen-bond acceptors (Lipinski definition) is 9. The first kappa shape index (κ1) is 23.6. The summed E-state index contributed by atoms with van der Waals surface area (Å²) < 4.78 is 33.6. The Bertz CT molecular complexity index is 625. The zero-order valence-electron chi connectivity index (χ0n) is 14.4. The highest BCUT2D eigenvalue weighted by Crippen LogP contribution is 2.67. The van der Waals surface area contributed by atoms with Crippen LogP contribution in [-0.4, -0.2) is 71.2 Å². The Kier molecular flexibility index (Phi) is 9.42. The molecule has 7 atom stereocenters. The normalized spacial score (nSPS) is 35.4. The lowest BCUT2D eigenvalue weighted by atomic mass is 9.93. The number of nitriles is 1. The highest BCUT2D eigenvalue weighted by atomic mass is 32.9. The van der Waals surface area contributed by atoms with Crippen molar-refractivity contribution in [2.24, 2.45) is 0 Å². The van der Waals surface area contributed by atoms with Crippen LogP contribution in [0.15, 0.2) is 0 Å². The standard InChI is InChI=1S/C12H22BNO6P2S4/c1-15-12-19-9-8(18-11(13)10(9)20-12)5-17-22(25,26)7-21(23,24)6-16-4-2-3-14/h8-12H,2,4-7,13H2,1H3,(H,23,24)(H,25,26)/t8-,9?,10+,11-,12?/m1/s1. The number of nitrogens with zero attached hydrogens (tertiary/aromatic N) is 1. The molecule has 2 aliphatic heterocycles. The summed E-state index contributed by atoms with van der Waals surface area (Å²) >= 11 is 20.1. The smallest absolute Gasteiger partial charge is 0.272 e. The lowest BCUT2D eigenvalue weighted by molar-refractivity contribution is -0.247. The monoisotopic (exact) mass is 477 g/mol. The molecule has 2 saturated heterocycles. The lowest BCUT2D eigenvalue weighted by Gasteiger charge is -2.25. The van der Waals surface area contributed by atoms with Gasteiger partial charge in [-0.15, -0.1) is 24.5 Å². The maximum atomic E-state index is 8.52. The van der Waals surface area contributed by atoms with Crippen molar-refractivity contribution in [3.05, 3.63) is 0 Å². The van der Waals surface area contributed by atoms with Crippen LogP contribution in [0.3, 0.4) is 0 Å². The number of rotatable bonds is 10. The fourth-order valence-corrected chi connectivity index (χ4v) is 17.1. The molecule has 0 aromatic rings. The highest BCUT2D eigenvalue weighted by Gasteiger charge is 2.51. The van der Waals surface area contributed by atoms with E-state index in [0.29, 0.717) is 25.3 Å². The molecule has 4 unspecified atom stereocenters. The van der Waals surface area contributed by atoms with E-state index in [-0.39, 0.29) is 30.9 Å². The lowest BCUT2D eigenvalue weighted by Crippen LogP contribution is -2.32. The Labute approximate surface area is 175 Å². The third kappa shape index (κ3) is 6.98. The summed E-state index contributed by atoms with van der Waals surface area (Å²) in [6, 6.07) is 1.88. The van der Waals surface area contributed by atoms with Crippen molar-refractivity contribution in [1.29, 1.82) is 5.26 Å². The van der Waals surface area contributed by atoms with Crippen LogP contribution in [0.2, 0.25) is 0 Å². The van der Waals surface area contributed by atoms with Crippen LogP contribution in [0.5, 0.6) is 0 Å². The van der Waals surface area contributed by atoms with Crippen molar-refractivity contribution < 1.29 is 28.2 Å². The Balaban J connectivity index is 1.83. The zero-order chi connectivity index (χ0) is 19.4. The fourth-order valence-electron chi connectivity index (χ4n) is 2.67. The van der Waals surface area contributed by atoms with Crippen molar-refractivity contribution in [1.82, 2.24) is 0 Å². The van der Waals surface area contributed by atoms with Crippen molar-refractivity contribution in [3.8, 4) is 6.07 Å². The summed E-state index contributed by atoms with van der Waals surface area (Å²) in [5, 5.41) is 6.38. The van der Waals surface area contributed by atoms with Crippen LogP contribution in [0.4, 0.5) is 0 Å². The minimum Gasteiger partial charge on any atom is -0.376 e. The topological polar surface area (TPSA) is 79.2 Å². The van der Waals surface area contributed by atoms with Gasteiger partial charge in [0.25, 0.3) is 6.48 Å². The van der Waals surface area contributed by atoms with Gasteiger partial charge in [-0.25, -0.2) is 0 Å². The van der Waals surface area contributed by atoms with E-state index >= 15 is 0 Å². The fraction of sp³-hybridized carbons (Fsp3) is 0.917. The molecule has 148 valence electrons. The molecule has 0 radical (unpaired) electrons. The van der Waals surface area contributed by atoms with E-state index in [1.165, 1.54) is 7.11 Å². The average molecular weight is 477 g/mol. The van der Waals surface area contributed by atoms with Gasteiger partial charge in [0.15, 0.2) is 0 Å². The third-order valence-corrected chi connectivity index (χ3v) is 13.8. The summed E-state index contributed by atoms with van der Waals surface area (Å²) in [5.41, 5.74) is -2.46. The minimum atomic E-state index is -2.46. The molecule has 14 heteroatoms. The van der Waals surface area contributed by atoms with Gasteiger partial charge in [-0.1, -0.05) is 23.6 Å². The van der Waals surface area contributed by atoms with Crippen molar-refractivity contribution in [2.45, 2.75) is 37.2 Å². The van der Waals surface area contributed by atoms with Gasteiger partial charge in [-0.2, -0.15) is 5.26 Å². The van der Waals surface area contributed by atoms with Crippen LogP contribution >= 0.6 is 35.2 Å². The van der Waals surface area contributed by atoms with Crippen LogP contribution in [0.1, 0.15) is 6.42 Å². The molecule has 0 saturated carbocycles. The molecule has 0 aliphatic carbocycles. The molecule has 0 N–H and O–H groups in total. The zero-order valence-corrected chi connectivity index (χ0v) is 19.6. The molecule has 2 rings (SSSR count). The maximum absolute atomic E-state index is 8.52. The van der Waals surface area contributed by atoms with Crippen LogP contribution < -0.4 is 0 Å². The molecule has 0 bridgehead atoms. The third-order valence-electron chi connectivity index (χ3n) is 3.76. The number of ether oxygens (including phenoxy) is 5. The molecule has 2 fully saturated rings. The van der Waals surface area contributed by atoms with Gasteiger partial charge < -0.3 is 28.2 Å². The summed E-state index contributed by atoms with van der Waals surface area (Å²) in [7, 11) is 3.44. The molecule has 0 amide bonds.